The number of fused-ring (bicyclic) bond motifs is 1. The van der Waals surface area contributed by atoms with Crippen molar-refractivity contribution in [1.29, 1.82) is 5.26 Å². The zero-order chi connectivity index (χ0) is 25.8. The first kappa shape index (κ1) is 25.1. The minimum absolute atomic E-state index is 0.0445. The van der Waals surface area contributed by atoms with E-state index in [1.807, 2.05) is 31.9 Å². The number of carbonyl (C=O) groups excluding carboxylic acids is 1. The SMILES string of the molecule is CC(C)C(=O)N1CCN(c2cc(S(=O)(=O)N[C@]3(C#N)C[C@H]3C)cc3nn(-c4nnc(Br)s4)cc23)CC1. The predicted octanol–water partition coefficient (Wildman–Crippen LogP) is 2.52. The summed E-state index contributed by atoms with van der Waals surface area (Å²) in [6, 6.07) is 5.27. The molecule has 1 saturated carbocycles. The van der Waals surface area contributed by atoms with Crippen LogP contribution in [0.1, 0.15) is 27.2 Å². The van der Waals surface area contributed by atoms with Crippen LogP contribution in [0.5, 0.6) is 0 Å². The molecule has 1 aromatic carbocycles. The summed E-state index contributed by atoms with van der Waals surface area (Å²) in [5.74, 6) is -0.0259. The maximum absolute atomic E-state index is 13.4. The van der Waals surface area contributed by atoms with Crippen molar-refractivity contribution in [3.63, 3.8) is 0 Å². The van der Waals surface area contributed by atoms with Crippen molar-refractivity contribution in [3.8, 4) is 11.2 Å². The fourth-order valence-corrected chi connectivity index (χ4v) is 6.94. The first-order valence-electron chi connectivity index (χ1n) is 11.5. The largest absolute Gasteiger partial charge is 0.367 e. The van der Waals surface area contributed by atoms with E-state index in [1.54, 1.807) is 10.7 Å². The summed E-state index contributed by atoms with van der Waals surface area (Å²) < 4.78 is 31.5. The number of sulfonamides is 1. The van der Waals surface area contributed by atoms with Crippen LogP contribution in [0.25, 0.3) is 16.0 Å². The molecule has 1 aliphatic heterocycles. The van der Waals surface area contributed by atoms with Gasteiger partial charge >= 0.3 is 0 Å². The lowest BCUT2D eigenvalue weighted by molar-refractivity contribution is -0.134. The van der Waals surface area contributed by atoms with Gasteiger partial charge in [0, 0.05) is 49.4 Å². The van der Waals surface area contributed by atoms with Gasteiger partial charge in [0.1, 0.15) is 5.54 Å². The number of anilines is 1. The van der Waals surface area contributed by atoms with Crippen molar-refractivity contribution < 1.29 is 13.2 Å². The van der Waals surface area contributed by atoms with Gasteiger partial charge in [-0.2, -0.15) is 15.1 Å². The Bertz CT molecular complexity index is 1490. The van der Waals surface area contributed by atoms with Crippen molar-refractivity contribution in [3.05, 3.63) is 22.2 Å². The van der Waals surface area contributed by atoms with E-state index in [0.717, 1.165) is 5.39 Å². The number of nitrogens with one attached hydrogen (secondary N) is 1. The number of halogens is 1. The molecule has 1 N–H and O–H groups in total. The van der Waals surface area contributed by atoms with E-state index in [-0.39, 0.29) is 22.6 Å². The lowest BCUT2D eigenvalue weighted by Crippen LogP contribution is -2.50. The second kappa shape index (κ2) is 9.05. The number of hydrogen-bond acceptors (Lipinski definition) is 9. The second-order valence-corrected chi connectivity index (χ2v) is 13.5. The number of hydrogen-bond donors (Lipinski definition) is 1. The van der Waals surface area contributed by atoms with Crippen molar-refractivity contribution in [2.45, 2.75) is 37.6 Å². The molecule has 1 aliphatic carbocycles. The van der Waals surface area contributed by atoms with Crippen LogP contribution in [-0.2, 0) is 14.8 Å². The van der Waals surface area contributed by atoms with E-state index >= 15 is 0 Å². The highest BCUT2D eigenvalue weighted by Gasteiger charge is 2.54. The van der Waals surface area contributed by atoms with Crippen LogP contribution in [0.4, 0.5) is 5.69 Å². The molecule has 5 rings (SSSR count). The summed E-state index contributed by atoms with van der Waals surface area (Å²) in [6.45, 7) is 7.81. The molecule has 1 amide bonds. The summed E-state index contributed by atoms with van der Waals surface area (Å²) in [5.41, 5.74) is 0.110. The molecule has 14 heteroatoms. The Balaban J connectivity index is 1.55. The quantitative estimate of drug-likeness (QED) is 0.461. The van der Waals surface area contributed by atoms with Crippen LogP contribution in [-0.4, -0.2) is 70.9 Å². The highest BCUT2D eigenvalue weighted by atomic mass is 79.9. The Morgan fingerprint density at radius 2 is 1.97 bits per heavy atom. The number of aromatic nitrogens is 4. The molecule has 0 spiro atoms. The molecular formula is C22H25BrN8O3S2. The molecule has 2 fully saturated rings. The monoisotopic (exact) mass is 592 g/mol. The van der Waals surface area contributed by atoms with E-state index in [2.05, 4.69) is 46.9 Å². The summed E-state index contributed by atoms with van der Waals surface area (Å²) >= 11 is 4.61. The number of piperazine rings is 1. The van der Waals surface area contributed by atoms with E-state index in [4.69, 9.17) is 0 Å². The highest BCUT2D eigenvalue weighted by molar-refractivity contribution is 9.11. The molecule has 11 nitrogen and oxygen atoms in total. The predicted molar refractivity (Wildman–Crippen MR) is 138 cm³/mol. The lowest BCUT2D eigenvalue weighted by atomic mass is 10.1. The zero-order valence-corrected chi connectivity index (χ0v) is 23.2. The van der Waals surface area contributed by atoms with Crippen LogP contribution in [0.2, 0.25) is 0 Å². The highest BCUT2D eigenvalue weighted by Crippen LogP contribution is 2.43. The molecule has 2 atom stereocenters. The van der Waals surface area contributed by atoms with Gasteiger partial charge in [-0.25, -0.2) is 13.1 Å². The number of amides is 1. The smallest absolute Gasteiger partial charge is 0.242 e. The zero-order valence-electron chi connectivity index (χ0n) is 20.0. The Labute approximate surface area is 221 Å². The summed E-state index contributed by atoms with van der Waals surface area (Å²) in [6.07, 6.45) is 2.29. The minimum Gasteiger partial charge on any atom is -0.367 e. The molecule has 190 valence electrons. The number of carbonyl (C=O) groups is 1. The summed E-state index contributed by atoms with van der Waals surface area (Å²) in [7, 11) is -3.99. The molecular weight excluding hydrogens is 568 g/mol. The third kappa shape index (κ3) is 4.49. The van der Waals surface area contributed by atoms with Gasteiger partial charge in [0.2, 0.25) is 21.1 Å². The lowest BCUT2D eigenvalue weighted by Gasteiger charge is -2.37. The van der Waals surface area contributed by atoms with Gasteiger partial charge in [0.05, 0.1) is 16.5 Å². The van der Waals surface area contributed by atoms with Gasteiger partial charge < -0.3 is 9.80 Å². The molecule has 1 saturated heterocycles. The third-order valence-electron chi connectivity index (χ3n) is 6.72. The van der Waals surface area contributed by atoms with Gasteiger partial charge in [-0.1, -0.05) is 32.1 Å². The van der Waals surface area contributed by atoms with Gasteiger partial charge in [0.25, 0.3) is 0 Å². The number of benzene rings is 1. The number of nitriles is 1. The average Bonchev–Trinajstić information content (AvgIpc) is 3.18. The molecule has 3 heterocycles. The van der Waals surface area contributed by atoms with Crippen molar-refractivity contribution in [2.24, 2.45) is 11.8 Å². The maximum Gasteiger partial charge on any atom is 0.242 e. The molecule has 3 aromatic rings. The first-order chi connectivity index (χ1) is 17.0. The Morgan fingerprint density at radius 3 is 2.53 bits per heavy atom. The summed E-state index contributed by atoms with van der Waals surface area (Å²) in [5, 5.41) is 23.5. The van der Waals surface area contributed by atoms with Crippen molar-refractivity contribution >= 4 is 59.8 Å². The molecule has 0 unspecified atom stereocenters. The average molecular weight is 594 g/mol. The van der Waals surface area contributed by atoms with Gasteiger partial charge in [-0.15, -0.1) is 10.2 Å². The second-order valence-electron chi connectivity index (χ2n) is 9.55. The van der Waals surface area contributed by atoms with Crippen LogP contribution in [0.3, 0.4) is 0 Å². The maximum atomic E-state index is 13.4. The fraction of sp³-hybridized carbons (Fsp3) is 0.500. The molecule has 2 aliphatic rings. The number of nitrogens with zero attached hydrogens (tertiary/aromatic N) is 7. The van der Waals surface area contributed by atoms with E-state index < -0.39 is 15.6 Å². The molecule has 0 bridgehead atoms. The van der Waals surface area contributed by atoms with Crippen LogP contribution in [0.15, 0.2) is 27.1 Å². The fourth-order valence-electron chi connectivity index (χ4n) is 4.46. The molecule has 36 heavy (non-hydrogen) atoms. The van der Waals surface area contributed by atoms with Crippen molar-refractivity contribution in [2.75, 3.05) is 31.1 Å². The van der Waals surface area contributed by atoms with E-state index in [9.17, 15) is 18.5 Å². The molecule has 2 aromatic heterocycles. The Morgan fingerprint density at radius 1 is 1.28 bits per heavy atom. The standard InChI is InChI=1S/C22H25BrN8O3S2/c1-13(2)19(32)30-6-4-29(5-7-30)18-9-15(36(33,34)28-22(12-24)10-14(22)3)8-17-16(18)11-31(27-17)21-26-25-20(23)35-21/h8-9,11,13-14,28H,4-7,10H2,1-3H3/t14-,22+/m1/s1. The van der Waals surface area contributed by atoms with Crippen LogP contribution >= 0.6 is 27.3 Å². The first-order valence-corrected chi connectivity index (χ1v) is 14.6. The van der Waals surface area contributed by atoms with E-state index in [1.165, 1.54) is 17.4 Å². The number of rotatable bonds is 6. The van der Waals surface area contributed by atoms with E-state index in [0.29, 0.717) is 52.9 Å². The summed E-state index contributed by atoms with van der Waals surface area (Å²) in [4.78, 5) is 16.4. The van der Waals surface area contributed by atoms with Gasteiger partial charge in [-0.05, 0) is 40.4 Å². The Hall–Kier alpha value is -2.60. The minimum atomic E-state index is -3.99. The molecule has 0 radical (unpaired) electrons. The van der Waals surface area contributed by atoms with Crippen LogP contribution in [0, 0.1) is 23.2 Å². The normalized spacial score (nSPS) is 22.3. The van der Waals surface area contributed by atoms with Crippen molar-refractivity contribution in [1.82, 2.24) is 29.6 Å². The van der Waals surface area contributed by atoms with Gasteiger partial charge in [-0.3, -0.25) is 4.79 Å². The van der Waals surface area contributed by atoms with Gasteiger partial charge in [0.15, 0.2) is 3.92 Å². The Kier molecular flexibility index (Phi) is 6.30. The topological polar surface area (TPSA) is 137 Å². The van der Waals surface area contributed by atoms with Crippen LogP contribution < -0.4 is 9.62 Å². The third-order valence-corrected chi connectivity index (χ3v) is 9.56.